The van der Waals surface area contributed by atoms with Crippen LogP contribution in [0.3, 0.4) is 0 Å². The molecule has 3 aliphatic carbocycles. The van der Waals surface area contributed by atoms with Gasteiger partial charge in [0.25, 0.3) is 0 Å². The van der Waals surface area contributed by atoms with Crippen LogP contribution in [0.15, 0.2) is 0 Å². The predicted octanol–water partition coefficient (Wildman–Crippen LogP) is 2.24. The molecule has 4 fully saturated rings. The van der Waals surface area contributed by atoms with Crippen LogP contribution in [0.4, 0.5) is 0 Å². The minimum Gasteiger partial charge on any atom is -0.404 e. The Bertz CT molecular complexity index is 360. The van der Waals surface area contributed by atoms with Crippen LogP contribution >= 0.6 is 0 Å². The Balaban J connectivity index is 1.81. The van der Waals surface area contributed by atoms with Crippen LogP contribution in [0.2, 0.25) is 0 Å². The van der Waals surface area contributed by atoms with Crippen LogP contribution in [-0.4, -0.2) is 24.8 Å². The molecule has 0 amide bonds. The van der Waals surface area contributed by atoms with E-state index in [0.29, 0.717) is 17.3 Å². The lowest BCUT2D eigenvalue weighted by Gasteiger charge is -2.64. The normalized spacial score (nSPS) is 46.8. The Hall–Kier alpha value is -0.0551. The standard InChI is InChI=1S/C14H26BNO2/c1-8(2)12(16)15-17-11-7-9-6-10(13(9,3)4)14(11,5)18-15/h8-12H,6-7,16H2,1-5H3/t9?,10?,11-,12?,14-/m0/s1. The Labute approximate surface area is 111 Å². The zero-order chi connectivity index (χ0) is 13.3. The second-order valence-electron chi connectivity index (χ2n) is 7.66. The van der Waals surface area contributed by atoms with Crippen molar-refractivity contribution in [2.45, 2.75) is 65.1 Å². The molecule has 4 heteroatoms. The van der Waals surface area contributed by atoms with E-state index in [4.69, 9.17) is 15.0 Å². The van der Waals surface area contributed by atoms with Gasteiger partial charge in [0.2, 0.25) is 0 Å². The first-order valence-corrected chi connectivity index (χ1v) is 7.35. The summed E-state index contributed by atoms with van der Waals surface area (Å²) in [6.07, 6.45) is 2.69. The Morgan fingerprint density at radius 2 is 1.89 bits per heavy atom. The molecule has 0 aromatic carbocycles. The summed E-state index contributed by atoms with van der Waals surface area (Å²) in [7, 11) is -0.213. The average molecular weight is 251 g/mol. The van der Waals surface area contributed by atoms with Gasteiger partial charge in [0.05, 0.1) is 11.7 Å². The molecule has 0 aromatic rings. The van der Waals surface area contributed by atoms with E-state index in [9.17, 15) is 0 Å². The summed E-state index contributed by atoms with van der Waals surface area (Å²) in [6.45, 7) is 11.3. The molecule has 0 radical (unpaired) electrons. The Kier molecular flexibility index (Phi) is 2.69. The molecule has 0 spiro atoms. The maximum absolute atomic E-state index is 6.31. The predicted molar refractivity (Wildman–Crippen MR) is 72.9 cm³/mol. The molecule has 102 valence electrons. The van der Waals surface area contributed by atoms with Crippen molar-refractivity contribution in [2.24, 2.45) is 28.9 Å². The Morgan fingerprint density at radius 1 is 1.22 bits per heavy atom. The molecule has 3 nitrogen and oxygen atoms in total. The molecule has 1 aliphatic heterocycles. The van der Waals surface area contributed by atoms with Crippen LogP contribution in [0, 0.1) is 23.2 Å². The molecule has 4 aliphatic rings. The summed E-state index contributed by atoms with van der Waals surface area (Å²) in [4.78, 5) is 0. The van der Waals surface area contributed by atoms with Gasteiger partial charge in [-0.2, -0.15) is 0 Å². The van der Waals surface area contributed by atoms with Crippen LogP contribution in [0.5, 0.6) is 0 Å². The van der Waals surface area contributed by atoms with Crippen molar-refractivity contribution >= 4 is 7.12 Å². The maximum atomic E-state index is 6.31. The van der Waals surface area contributed by atoms with Crippen LogP contribution < -0.4 is 5.73 Å². The summed E-state index contributed by atoms with van der Waals surface area (Å²) in [5, 5.41) is 0. The second kappa shape index (κ2) is 3.74. The maximum Gasteiger partial charge on any atom is 0.475 e. The monoisotopic (exact) mass is 251 g/mol. The number of hydrogen-bond acceptors (Lipinski definition) is 3. The highest BCUT2D eigenvalue weighted by Gasteiger charge is 2.68. The van der Waals surface area contributed by atoms with Crippen molar-refractivity contribution in [1.29, 1.82) is 0 Å². The zero-order valence-electron chi connectivity index (χ0n) is 12.3. The molecule has 4 rings (SSSR count). The highest BCUT2D eigenvalue weighted by molar-refractivity contribution is 6.47. The largest absolute Gasteiger partial charge is 0.475 e. The number of nitrogens with two attached hydrogens (primary N) is 1. The van der Waals surface area contributed by atoms with Crippen molar-refractivity contribution in [3.05, 3.63) is 0 Å². The van der Waals surface area contributed by atoms with Gasteiger partial charge in [0.15, 0.2) is 0 Å². The zero-order valence-corrected chi connectivity index (χ0v) is 12.3. The minimum absolute atomic E-state index is 0.0206. The first-order chi connectivity index (χ1) is 8.26. The third-order valence-corrected chi connectivity index (χ3v) is 6.05. The van der Waals surface area contributed by atoms with E-state index < -0.39 is 0 Å². The number of rotatable bonds is 2. The third-order valence-electron chi connectivity index (χ3n) is 6.05. The highest BCUT2D eigenvalue weighted by atomic mass is 16.7. The van der Waals surface area contributed by atoms with Crippen LogP contribution in [-0.2, 0) is 9.31 Å². The van der Waals surface area contributed by atoms with E-state index >= 15 is 0 Å². The van der Waals surface area contributed by atoms with Gasteiger partial charge in [-0.3, -0.25) is 0 Å². The summed E-state index contributed by atoms with van der Waals surface area (Å²) in [5.41, 5.74) is 6.50. The van der Waals surface area contributed by atoms with Crippen LogP contribution in [0.25, 0.3) is 0 Å². The fourth-order valence-electron chi connectivity index (χ4n) is 4.38. The fraction of sp³-hybridized carbons (Fsp3) is 1.00. The summed E-state index contributed by atoms with van der Waals surface area (Å²) in [6, 6.07) is 0. The lowest BCUT2D eigenvalue weighted by atomic mass is 9.43. The smallest absolute Gasteiger partial charge is 0.404 e. The van der Waals surface area contributed by atoms with Crippen molar-refractivity contribution in [3.8, 4) is 0 Å². The summed E-state index contributed by atoms with van der Waals surface area (Å²) < 4.78 is 12.5. The van der Waals surface area contributed by atoms with E-state index in [2.05, 4.69) is 34.6 Å². The Morgan fingerprint density at radius 3 is 2.44 bits per heavy atom. The van der Waals surface area contributed by atoms with E-state index in [1.165, 1.54) is 6.42 Å². The molecular weight excluding hydrogens is 225 g/mol. The molecule has 3 unspecified atom stereocenters. The molecule has 5 atom stereocenters. The molecule has 18 heavy (non-hydrogen) atoms. The molecule has 1 heterocycles. The topological polar surface area (TPSA) is 44.5 Å². The molecular formula is C14H26BNO2. The van der Waals surface area contributed by atoms with Gasteiger partial charge in [-0.1, -0.05) is 27.7 Å². The third kappa shape index (κ3) is 1.49. The SMILES string of the molecule is CC(C)C(N)B1O[C@H]2CC3CC(C3(C)C)[C@]2(C)O1. The summed E-state index contributed by atoms with van der Waals surface area (Å²) >= 11 is 0. The van der Waals surface area contributed by atoms with E-state index in [0.717, 1.165) is 12.3 Å². The van der Waals surface area contributed by atoms with Gasteiger partial charge in [-0.25, -0.2) is 0 Å². The van der Waals surface area contributed by atoms with Crippen LogP contribution in [0.1, 0.15) is 47.5 Å². The minimum atomic E-state index is -0.213. The van der Waals surface area contributed by atoms with Gasteiger partial charge in [0.1, 0.15) is 0 Å². The van der Waals surface area contributed by atoms with Crippen molar-refractivity contribution in [1.82, 2.24) is 0 Å². The van der Waals surface area contributed by atoms with Crippen molar-refractivity contribution < 1.29 is 9.31 Å². The lowest BCUT2D eigenvalue weighted by Crippen LogP contribution is -2.65. The second-order valence-corrected chi connectivity index (χ2v) is 7.66. The van der Waals surface area contributed by atoms with Gasteiger partial charge < -0.3 is 15.0 Å². The van der Waals surface area contributed by atoms with E-state index in [-0.39, 0.29) is 24.8 Å². The fourth-order valence-corrected chi connectivity index (χ4v) is 4.38. The first-order valence-electron chi connectivity index (χ1n) is 7.35. The highest BCUT2D eigenvalue weighted by Crippen LogP contribution is 2.65. The molecule has 2 bridgehead atoms. The van der Waals surface area contributed by atoms with Gasteiger partial charge in [0, 0.05) is 5.94 Å². The number of hydrogen-bond donors (Lipinski definition) is 1. The molecule has 2 N–H and O–H groups in total. The molecule has 0 aromatic heterocycles. The van der Waals surface area contributed by atoms with Gasteiger partial charge >= 0.3 is 7.12 Å². The molecule has 1 saturated heterocycles. The van der Waals surface area contributed by atoms with E-state index in [1.807, 2.05) is 0 Å². The van der Waals surface area contributed by atoms with Gasteiger partial charge in [-0.15, -0.1) is 0 Å². The lowest BCUT2D eigenvalue weighted by molar-refractivity contribution is -0.199. The quantitative estimate of drug-likeness (QED) is 0.765. The average Bonchev–Trinajstić information content (AvgIpc) is 2.63. The van der Waals surface area contributed by atoms with E-state index in [1.54, 1.807) is 0 Å². The van der Waals surface area contributed by atoms with Gasteiger partial charge in [-0.05, 0) is 42.9 Å². The van der Waals surface area contributed by atoms with Crippen molar-refractivity contribution in [2.75, 3.05) is 0 Å². The first kappa shape index (κ1) is 13.0. The summed E-state index contributed by atoms with van der Waals surface area (Å²) in [5.74, 6) is 1.80. The van der Waals surface area contributed by atoms with Crippen molar-refractivity contribution in [3.63, 3.8) is 0 Å². The molecule has 3 saturated carbocycles.